The van der Waals surface area contributed by atoms with Gasteiger partial charge in [-0.05, 0) is 62.5 Å². The van der Waals surface area contributed by atoms with Crippen LogP contribution in [0.15, 0.2) is 47.2 Å². The summed E-state index contributed by atoms with van der Waals surface area (Å²) in [6, 6.07) is 8.69. The van der Waals surface area contributed by atoms with Crippen molar-refractivity contribution in [3.63, 3.8) is 0 Å². The fraction of sp³-hybridized carbons (Fsp3) is 0.412. The Hall–Kier alpha value is -1.50. The largest absolute Gasteiger partial charge is 0.367 e. The van der Waals surface area contributed by atoms with Crippen LogP contribution in [-0.4, -0.2) is 11.9 Å². The van der Waals surface area contributed by atoms with Crippen LogP contribution in [0.5, 0.6) is 0 Å². The molecule has 1 heterocycles. The van der Waals surface area contributed by atoms with Crippen LogP contribution in [0.4, 0.5) is 0 Å². The Labute approximate surface area is 111 Å². The Bertz CT molecular complexity index is 536. The molecule has 1 aliphatic heterocycles. The van der Waals surface area contributed by atoms with E-state index in [0.29, 0.717) is 0 Å². The molecule has 0 fully saturated rings. The number of benzene rings is 1. The molecule has 0 N–H and O–H groups in total. The molecule has 1 heteroatoms. The van der Waals surface area contributed by atoms with Gasteiger partial charge in [0.2, 0.25) is 0 Å². The third-order valence-electron chi connectivity index (χ3n) is 4.65. The Kier molecular flexibility index (Phi) is 3.10. The molecule has 18 heavy (non-hydrogen) atoms. The van der Waals surface area contributed by atoms with E-state index in [1.807, 2.05) is 0 Å². The maximum absolute atomic E-state index is 2.34. The highest BCUT2D eigenvalue weighted by atomic mass is 15.2. The molecule has 1 atom stereocenters. The summed E-state index contributed by atoms with van der Waals surface area (Å²) < 4.78 is 0. The molecule has 1 unspecified atom stereocenters. The molecule has 1 aromatic carbocycles. The van der Waals surface area contributed by atoms with E-state index in [1.165, 1.54) is 27.8 Å². The number of aryl methyl sites for hydroxylation is 1. The van der Waals surface area contributed by atoms with Crippen molar-refractivity contribution < 1.29 is 0 Å². The Balaban J connectivity index is 2.66. The van der Waals surface area contributed by atoms with E-state index < -0.39 is 0 Å². The summed E-state index contributed by atoms with van der Waals surface area (Å²) in [6.45, 7) is 11.2. The van der Waals surface area contributed by atoms with Gasteiger partial charge < -0.3 is 4.90 Å². The second-order valence-electron chi connectivity index (χ2n) is 5.56. The number of nitrogens with zero attached hydrogens (tertiary/aromatic N) is 1. The normalized spacial score (nSPS) is 24.3. The van der Waals surface area contributed by atoms with Crippen molar-refractivity contribution in [2.75, 3.05) is 7.05 Å². The number of hydrogen-bond acceptors (Lipinski definition) is 1. The van der Waals surface area contributed by atoms with Crippen molar-refractivity contribution in [1.29, 1.82) is 0 Å². The molecule has 0 saturated heterocycles. The quantitative estimate of drug-likeness (QED) is 0.704. The third-order valence-corrected chi connectivity index (χ3v) is 4.65. The van der Waals surface area contributed by atoms with Gasteiger partial charge in [0.25, 0.3) is 0 Å². The Morgan fingerprint density at radius 2 is 1.61 bits per heavy atom. The van der Waals surface area contributed by atoms with E-state index in [1.54, 1.807) is 0 Å². The minimum absolute atomic E-state index is 0.0328. The summed E-state index contributed by atoms with van der Waals surface area (Å²) in [5.41, 5.74) is 6.94. The molecule has 0 bridgehead atoms. The molecule has 0 radical (unpaired) electrons. The number of allylic oxidation sites excluding steroid dienone is 2. The molecule has 1 aromatic rings. The van der Waals surface area contributed by atoms with Gasteiger partial charge in [0.1, 0.15) is 0 Å². The fourth-order valence-electron chi connectivity index (χ4n) is 2.95. The molecular formula is C17H23N. The first kappa shape index (κ1) is 12.9. The molecule has 0 saturated carbocycles. The summed E-state index contributed by atoms with van der Waals surface area (Å²) in [5.74, 6) is 0. The van der Waals surface area contributed by atoms with Crippen molar-refractivity contribution in [3.8, 4) is 0 Å². The summed E-state index contributed by atoms with van der Waals surface area (Å²) in [6.07, 6.45) is 2.26. The van der Waals surface area contributed by atoms with Gasteiger partial charge in [0, 0.05) is 13.2 Å². The van der Waals surface area contributed by atoms with Crippen LogP contribution in [0.25, 0.3) is 0 Å². The van der Waals surface area contributed by atoms with E-state index in [-0.39, 0.29) is 5.54 Å². The van der Waals surface area contributed by atoms with Crippen LogP contribution >= 0.6 is 0 Å². The van der Waals surface area contributed by atoms with Crippen molar-refractivity contribution >= 4 is 0 Å². The number of likely N-dealkylation sites (N-methyl/N-ethyl adjacent to an activating group) is 1. The highest BCUT2D eigenvalue weighted by Gasteiger charge is 2.36. The van der Waals surface area contributed by atoms with Crippen molar-refractivity contribution in [2.24, 2.45) is 0 Å². The van der Waals surface area contributed by atoms with Crippen molar-refractivity contribution in [1.82, 2.24) is 4.90 Å². The smallest absolute Gasteiger partial charge is 0.0835 e. The zero-order chi connectivity index (χ0) is 13.5. The second-order valence-corrected chi connectivity index (χ2v) is 5.56. The summed E-state index contributed by atoms with van der Waals surface area (Å²) in [5, 5.41) is 0. The predicted octanol–water partition coefficient (Wildman–Crippen LogP) is 4.40. The van der Waals surface area contributed by atoms with Gasteiger partial charge in [-0.3, -0.25) is 0 Å². The van der Waals surface area contributed by atoms with Gasteiger partial charge in [-0.25, -0.2) is 0 Å². The van der Waals surface area contributed by atoms with Crippen LogP contribution in [0.2, 0.25) is 0 Å². The monoisotopic (exact) mass is 241 g/mol. The Morgan fingerprint density at radius 1 is 1.00 bits per heavy atom. The molecule has 0 aliphatic carbocycles. The van der Waals surface area contributed by atoms with Crippen LogP contribution < -0.4 is 0 Å². The van der Waals surface area contributed by atoms with Crippen LogP contribution in [0.3, 0.4) is 0 Å². The molecule has 1 aliphatic rings. The first-order valence-electron chi connectivity index (χ1n) is 6.55. The van der Waals surface area contributed by atoms with E-state index in [9.17, 15) is 0 Å². The maximum Gasteiger partial charge on any atom is 0.0835 e. The van der Waals surface area contributed by atoms with Gasteiger partial charge in [0.05, 0.1) is 5.54 Å². The lowest BCUT2D eigenvalue weighted by molar-refractivity contribution is 0.238. The lowest BCUT2D eigenvalue weighted by atomic mass is 9.77. The van der Waals surface area contributed by atoms with E-state index >= 15 is 0 Å². The zero-order valence-electron chi connectivity index (χ0n) is 12.3. The van der Waals surface area contributed by atoms with Crippen LogP contribution in [0, 0.1) is 6.92 Å². The van der Waals surface area contributed by atoms with Gasteiger partial charge in [-0.2, -0.15) is 0 Å². The maximum atomic E-state index is 2.34. The molecule has 0 aromatic heterocycles. The Morgan fingerprint density at radius 3 is 2.22 bits per heavy atom. The van der Waals surface area contributed by atoms with Crippen molar-refractivity contribution in [3.05, 3.63) is 58.3 Å². The average Bonchev–Trinajstić information content (AvgIpc) is 2.34. The summed E-state index contributed by atoms with van der Waals surface area (Å²) in [7, 11) is 2.17. The van der Waals surface area contributed by atoms with Gasteiger partial charge in [-0.1, -0.05) is 24.3 Å². The van der Waals surface area contributed by atoms with Crippen LogP contribution in [0.1, 0.15) is 38.8 Å². The second kappa shape index (κ2) is 4.31. The van der Waals surface area contributed by atoms with Crippen LogP contribution in [-0.2, 0) is 5.54 Å². The molecule has 0 spiro atoms. The molecular weight excluding hydrogens is 218 g/mol. The van der Waals surface area contributed by atoms with Gasteiger partial charge in [0.15, 0.2) is 0 Å². The first-order valence-corrected chi connectivity index (χ1v) is 6.55. The first-order chi connectivity index (χ1) is 8.39. The summed E-state index contributed by atoms with van der Waals surface area (Å²) in [4.78, 5) is 2.34. The number of hydrogen-bond donors (Lipinski definition) is 0. The lowest BCUT2D eigenvalue weighted by Crippen LogP contribution is -2.42. The van der Waals surface area contributed by atoms with Gasteiger partial charge >= 0.3 is 0 Å². The molecule has 2 rings (SSSR count). The minimum atomic E-state index is -0.0328. The van der Waals surface area contributed by atoms with Gasteiger partial charge in [-0.15, -0.1) is 0 Å². The highest BCUT2D eigenvalue weighted by Crippen LogP contribution is 2.42. The van der Waals surface area contributed by atoms with Crippen molar-refractivity contribution in [2.45, 2.75) is 40.2 Å². The SMILES string of the molecule is CC1=CN(C)C(C)(c2ccccc2C)C(C)=C1C. The number of rotatable bonds is 1. The standard InChI is InChI=1S/C17H23N/c1-12-9-7-8-10-16(12)17(5)15(4)14(3)13(2)11-18(17)6/h7-11H,1-6H3. The summed E-state index contributed by atoms with van der Waals surface area (Å²) >= 11 is 0. The molecule has 0 amide bonds. The predicted molar refractivity (Wildman–Crippen MR) is 78.4 cm³/mol. The average molecular weight is 241 g/mol. The highest BCUT2D eigenvalue weighted by molar-refractivity contribution is 5.47. The lowest BCUT2D eigenvalue weighted by Gasteiger charge is -2.45. The third kappa shape index (κ3) is 1.69. The van der Waals surface area contributed by atoms with E-state index in [4.69, 9.17) is 0 Å². The molecule has 1 nitrogen and oxygen atoms in total. The van der Waals surface area contributed by atoms with E-state index in [2.05, 4.69) is 77.0 Å². The minimum Gasteiger partial charge on any atom is -0.367 e. The molecule has 96 valence electrons. The zero-order valence-corrected chi connectivity index (χ0v) is 12.3. The van der Waals surface area contributed by atoms with E-state index in [0.717, 1.165) is 0 Å². The fourth-order valence-corrected chi connectivity index (χ4v) is 2.95. The topological polar surface area (TPSA) is 3.24 Å².